The molecule has 2 rings (SSSR count). The summed E-state index contributed by atoms with van der Waals surface area (Å²) < 4.78 is 19.0. The van der Waals surface area contributed by atoms with Crippen LogP contribution >= 0.6 is 11.6 Å². The van der Waals surface area contributed by atoms with Gasteiger partial charge in [-0.15, -0.1) is 0 Å². The number of nitrogens with one attached hydrogen (secondary N) is 1. The summed E-state index contributed by atoms with van der Waals surface area (Å²) in [7, 11) is 1.58. The van der Waals surface area contributed by atoms with Crippen molar-refractivity contribution in [2.45, 2.75) is 20.0 Å². The quantitative estimate of drug-likeness (QED) is 0.900. The van der Waals surface area contributed by atoms with Crippen molar-refractivity contribution in [3.8, 4) is 0 Å². The Bertz CT molecular complexity index is 589. The third-order valence-electron chi connectivity index (χ3n) is 2.77. The molecule has 0 spiro atoms. The molecule has 102 valence electrons. The monoisotopic (exact) mass is 282 g/mol. The first kappa shape index (κ1) is 14.0. The molecule has 0 amide bonds. The third kappa shape index (κ3) is 2.96. The van der Waals surface area contributed by atoms with Crippen LogP contribution in [0.1, 0.15) is 19.0 Å². The first-order valence-electron chi connectivity index (χ1n) is 6.17. The van der Waals surface area contributed by atoms with E-state index in [9.17, 15) is 4.39 Å². The Hall–Kier alpha value is -1.39. The molecule has 0 bridgehead atoms. The van der Waals surface area contributed by atoms with E-state index in [1.54, 1.807) is 13.2 Å². The number of anilines is 1. The molecule has 0 fully saturated rings. The van der Waals surface area contributed by atoms with Crippen LogP contribution in [0.3, 0.4) is 0 Å². The Morgan fingerprint density at radius 1 is 1.42 bits per heavy atom. The number of ether oxygens (including phenoxy) is 1. The van der Waals surface area contributed by atoms with Crippen molar-refractivity contribution < 1.29 is 9.13 Å². The second-order valence-electron chi connectivity index (χ2n) is 4.27. The van der Waals surface area contributed by atoms with Crippen molar-refractivity contribution in [3.05, 3.63) is 34.7 Å². The van der Waals surface area contributed by atoms with Crippen LogP contribution in [0.2, 0.25) is 5.02 Å². The predicted molar refractivity (Wildman–Crippen MR) is 76.2 cm³/mol. The minimum Gasteiger partial charge on any atom is -0.384 e. The molecule has 1 N–H and O–H groups in total. The maximum atomic E-state index is 13.9. The Morgan fingerprint density at radius 2 is 2.21 bits per heavy atom. The van der Waals surface area contributed by atoms with Crippen LogP contribution in [0.15, 0.2) is 18.2 Å². The lowest BCUT2D eigenvalue weighted by Crippen LogP contribution is -2.04. The van der Waals surface area contributed by atoms with Gasteiger partial charge in [0, 0.05) is 24.7 Å². The largest absolute Gasteiger partial charge is 0.384 e. The second-order valence-corrected chi connectivity index (χ2v) is 4.68. The van der Waals surface area contributed by atoms with E-state index in [-0.39, 0.29) is 11.3 Å². The van der Waals surface area contributed by atoms with Crippen LogP contribution in [0.25, 0.3) is 10.9 Å². The first-order valence-corrected chi connectivity index (χ1v) is 6.55. The highest BCUT2D eigenvalue weighted by Gasteiger charge is 2.12. The van der Waals surface area contributed by atoms with Gasteiger partial charge in [0.2, 0.25) is 0 Å². The predicted octanol–water partition coefficient (Wildman–Crippen LogP) is 4.00. The zero-order chi connectivity index (χ0) is 13.8. The number of nitrogens with zero attached hydrogens (tertiary/aromatic N) is 1. The minimum absolute atomic E-state index is 0.278. The van der Waals surface area contributed by atoms with Gasteiger partial charge in [0.25, 0.3) is 0 Å². The molecule has 1 heterocycles. The van der Waals surface area contributed by atoms with E-state index < -0.39 is 0 Å². The number of fused-ring (bicyclic) bond motifs is 1. The van der Waals surface area contributed by atoms with Crippen LogP contribution in [0.5, 0.6) is 0 Å². The SMILES string of the molecule is CCCNc1cc(COC)nc2c(F)ccc(Cl)c12. The molecule has 0 aliphatic rings. The van der Waals surface area contributed by atoms with Gasteiger partial charge in [-0.2, -0.15) is 0 Å². The topological polar surface area (TPSA) is 34.1 Å². The van der Waals surface area contributed by atoms with Gasteiger partial charge in [-0.3, -0.25) is 0 Å². The lowest BCUT2D eigenvalue weighted by Gasteiger charge is -2.12. The highest BCUT2D eigenvalue weighted by atomic mass is 35.5. The summed E-state index contributed by atoms with van der Waals surface area (Å²) in [6, 6.07) is 4.73. The van der Waals surface area contributed by atoms with Crippen LogP contribution in [-0.4, -0.2) is 18.6 Å². The highest BCUT2D eigenvalue weighted by Crippen LogP contribution is 2.32. The normalized spacial score (nSPS) is 10.9. The molecule has 0 atom stereocenters. The fourth-order valence-electron chi connectivity index (χ4n) is 1.94. The second kappa shape index (κ2) is 6.17. The first-order chi connectivity index (χ1) is 9.17. The highest BCUT2D eigenvalue weighted by molar-refractivity contribution is 6.36. The fraction of sp³-hybridized carbons (Fsp3) is 0.357. The van der Waals surface area contributed by atoms with E-state index in [2.05, 4.69) is 17.2 Å². The van der Waals surface area contributed by atoms with Crippen LogP contribution in [-0.2, 0) is 11.3 Å². The summed E-state index contributed by atoms with van der Waals surface area (Å²) in [5.74, 6) is -0.378. The molecule has 2 aromatic rings. The van der Waals surface area contributed by atoms with E-state index in [4.69, 9.17) is 16.3 Å². The Kier molecular flexibility index (Phi) is 4.56. The van der Waals surface area contributed by atoms with Crippen molar-refractivity contribution in [2.24, 2.45) is 0 Å². The van der Waals surface area contributed by atoms with Gasteiger partial charge >= 0.3 is 0 Å². The lowest BCUT2D eigenvalue weighted by atomic mass is 10.1. The smallest absolute Gasteiger partial charge is 0.149 e. The lowest BCUT2D eigenvalue weighted by molar-refractivity contribution is 0.182. The van der Waals surface area contributed by atoms with Gasteiger partial charge in [0.15, 0.2) is 0 Å². The standard InChI is InChI=1S/C14H16ClFN2O/c1-3-6-17-12-7-9(8-19-2)18-14-11(16)5-4-10(15)13(12)14/h4-5,7H,3,6,8H2,1-2H3,(H,17,18). The van der Waals surface area contributed by atoms with E-state index in [0.29, 0.717) is 22.7 Å². The van der Waals surface area contributed by atoms with E-state index in [1.807, 2.05) is 6.07 Å². The maximum absolute atomic E-state index is 13.9. The number of aromatic nitrogens is 1. The molecule has 19 heavy (non-hydrogen) atoms. The molecule has 0 saturated carbocycles. The number of methoxy groups -OCH3 is 1. The molecular weight excluding hydrogens is 267 g/mol. The summed E-state index contributed by atoms with van der Waals surface area (Å²) >= 11 is 6.16. The number of pyridine rings is 1. The number of benzene rings is 1. The number of halogens is 2. The van der Waals surface area contributed by atoms with E-state index >= 15 is 0 Å². The fourth-order valence-corrected chi connectivity index (χ4v) is 2.20. The van der Waals surface area contributed by atoms with Crippen LogP contribution < -0.4 is 5.32 Å². The zero-order valence-corrected chi connectivity index (χ0v) is 11.7. The molecular formula is C14H16ClFN2O. The molecule has 0 saturated heterocycles. The summed E-state index contributed by atoms with van der Waals surface area (Å²) in [4.78, 5) is 4.27. The Morgan fingerprint density at radius 3 is 2.89 bits per heavy atom. The average Bonchev–Trinajstić information content (AvgIpc) is 2.40. The molecule has 3 nitrogen and oxygen atoms in total. The van der Waals surface area contributed by atoms with Gasteiger partial charge in [0.05, 0.1) is 17.3 Å². The van der Waals surface area contributed by atoms with E-state index in [1.165, 1.54) is 6.07 Å². The summed E-state index contributed by atoms with van der Waals surface area (Å²) in [5.41, 5.74) is 1.75. The van der Waals surface area contributed by atoms with Crippen LogP contribution in [0, 0.1) is 5.82 Å². The average molecular weight is 283 g/mol. The molecule has 1 aromatic carbocycles. The van der Waals surface area contributed by atoms with Crippen molar-refractivity contribution in [3.63, 3.8) is 0 Å². The maximum Gasteiger partial charge on any atom is 0.149 e. The van der Waals surface area contributed by atoms with Gasteiger partial charge in [-0.05, 0) is 24.6 Å². The number of hydrogen-bond acceptors (Lipinski definition) is 3. The van der Waals surface area contributed by atoms with Crippen molar-refractivity contribution in [2.75, 3.05) is 19.0 Å². The molecule has 0 aliphatic heterocycles. The van der Waals surface area contributed by atoms with Gasteiger partial charge in [-0.25, -0.2) is 9.37 Å². The van der Waals surface area contributed by atoms with Gasteiger partial charge in [0.1, 0.15) is 11.3 Å². The van der Waals surface area contributed by atoms with E-state index in [0.717, 1.165) is 18.7 Å². The minimum atomic E-state index is -0.378. The molecule has 5 heteroatoms. The molecule has 0 radical (unpaired) electrons. The van der Waals surface area contributed by atoms with Crippen LogP contribution in [0.4, 0.5) is 10.1 Å². The van der Waals surface area contributed by atoms with Crippen molar-refractivity contribution in [1.29, 1.82) is 0 Å². The van der Waals surface area contributed by atoms with Gasteiger partial charge in [-0.1, -0.05) is 18.5 Å². The zero-order valence-electron chi connectivity index (χ0n) is 11.0. The summed E-state index contributed by atoms with van der Waals surface area (Å²) in [5, 5.41) is 4.37. The third-order valence-corrected chi connectivity index (χ3v) is 3.09. The molecule has 0 aliphatic carbocycles. The molecule has 0 unspecified atom stereocenters. The Balaban J connectivity index is 2.63. The van der Waals surface area contributed by atoms with Crippen molar-refractivity contribution >= 4 is 28.2 Å². The Labute approximate surface area is 116 Å². The summed E-state index contributed by atoms with van der Waals surface area (Å²) in [6.45, 7) is 3.19. The van der Waals surface area contributed by atoms with Crippen molar-refractivity contribution in [1.82, 2.24) is 4.98 Å². The molecule has 1 aromatic heterocycles. The van der Waals surface area contributed by atoms with Gasteiger partial charge < -0.3 is 10.1 Å². The number of hydrogen-bond donors (Lipinski definition) is 1. The number of rotatable bonds is 5. The summed E-state index contributed by atoms with van der Waals surface area (Å²) in [6.07, 6.45) is 0.969.